The minimum atomic E-state index is -3.89. The van der Waals surface area contributed by atoms with Gasteiger partial charge in [0.2, 0.25) is 23.6 Å². The number of benzene rings is 1. The van der Waals surface area contributed by atoms with E-state index in [9.17, 15) is 54.0 Å². The van der Waals surface area contributed by atoms with Crippen LogP contribution in [0.15, 0.2) is 24.3 Å². The summed E-state index contributed by atoms with van der Waals surface area (Å²) >= 11 is 0. The molecule has 0 aliphatic carbocycles. The van der Waals surface area contributed by atoms with E-state index in [0.717, 1.165) is 27.7 Å². The van der Waals surface area contributed by atoms with E-state index in [1.54, 1.807) is 0 Å². The molecule has 2 heterocycles. The van der Waals surface area contributed by atoms with Crippen molar-refractivity contribution in [1.29, 1.82) is 0 Å². The largest absolute Gasteiger partial charge is 0.463 e. The quantitative estimate of drug-likeness (QED) is 0.0820. The minimum Gasteiger partial charge on any atom is -0.463 e. The van der Waals surface area contributed by atoms with Crippen LogP contribution >= 0.6 is 0 Å². The molecule has 0 saturated carbocycles. The summed E-state index contributed by atoms with van der Waals surface area (Å²) < 4.78 is 39.4. The van der Waals surface area contributed by atoms with E-state index < -0.39 is 114 Å². The Hall–Kier alpha value is -4.37. The molecular weight excluding hydrogens is 686 g/mol. The fraction of sp³-hybridized carbons (Fsp3) is 0.594. The van der Waals surface area contributed by atoms with Crippen LogP contribution in [0, 0.1) is 0 Å². The topological polar surface area (TPSA) is 291 Å². The molecule has 19 heteroatoms. The summed E-state index contributed by atoms with van der Waals surface area (Å²) in [6, 6.07) is 5.74. The first-order valence-electron chi connectivity index (χ1n) is 15.4. The van der Waals surface area contributed by atoms with Gasteiger partial charge in [0.15, 0.2) is 41.1 Å². The molecule has 6 N–H and O–H groups in total. The second-order valence-corrected chi connectivity index (χ2v) is 12.1. The van der Waals surface area contributed by atoms with E-state index in [1.807, 2.05) is 0 Å². The van der Waals surface area contributed by atoms with Crippen LogP contribution in [0.2, 0.25) is 0 Å². The van der Waals surface area contributed by atoms with Crippen molar-refractivity contribution in [3.8, 4) is 5.75 Å². The van der Waals surface area contributed by atoms with Crippen LogP contribution < -0.4 is 10.5 Å². The molecule has 0 bridgehead atoms. The van der Waals surface area contributed by atoms with Crippen LogP contribution in [-0.4, -0.2) is 134 Å². The van der Waals surface area contributed by atoms with Gasteiger partial charge in [-0.15, -0.1) is 0 Å². The number of carbonyl (C=O) groups excluding carboxylic acids is 7. The highest BCUT2D eigenvalue weighted by Gasteiger charge is 2.80. The number of rotatable bonds is 13. The van der Waals surface area contributed by atoms with Gasteiger partial charge in [-0.2, -0.15) is 0 Å². The number of hydrogen-bond donors (Lipinski definition) is 5. The highest BCUT2D eigenvalue weighted by atomic mass is 16.8. The number of esters is 3. The molecule has 3 rings (SSSR count). The predicted molar refractivity (Wildman–Crippen MR) is 165 cm³/mol. The van der Waals surface area contributed by atoms with Gasteiger partial charge >= 0.3 is 17.9 Å². The number of carbonyl (C=O) groups is 7. The summed E-state index contributed by atoms with van der Waals surface area (Å²) in [6.07, 6.45) is -16.8. The second kappa shape index (κ2) is 15.5. The van der Waals surface area contributed by atoms with Crippen molar-refractivity contribution in [3.63, 3.8) is 0 Å². The normalized spacial score (nSPS) is 34.0. The van der Waals surface area contributed by atoms with Crippen LogP contribution in [0.4, 0.5) is 5.69 Å². The molecule has 282 valence electrons. The fourth-order valence-electron chi connectivity index (χ4n) is 5.99. The lowest BCUT2D eigenvalue weighted by Crippen LogP contribution is -2.87. The first kappa shape index (κ1) is 41.1. The first-order valence-corrected chi connectivity index (χ1v) is 15.4. The summed E-state index contributed by atoms with van der Waals surface area (Å²) in [4.78, 5) is 88.6. The number of nitrogen functional groups attached to an aromatic ring is 1. The molecule has 2 aliphatic rings. The lowest BCUT2D eigenvalue weighted by atomic mass is 9.60. The molecule has 0 spiro atoms. The number of aliphatic hydroxyl groups excluding tert-OH is 1. The van der Waals surface area contributed by atoms with E-state index >= 15 is 0 Å². The summed E-state index contributed by atoms with van der Waals surface area (Å²) in [5.41, 5.74) is -5.21. The molecule has 0 aromatic heterocycles. The van der Waals surface area contributed by atoms with Gasteiger partial charge in [-0.25, -0.2) is 0 Å². The van der Waals surface area contributed by atoms with Crippen LogP contribution in [-0.2, 0) is 62.0 Å². The Kier molecular flexibility index (Phi) is 12.5. The van der Waals surface area contributed by atoms with E-state index in [0.29, 0.717) is 26.5 Å². The summed E-state index contributed by atoms with van der Waals surface area (Å²) in [6.45, 7) is 4.84. The zero-order valence-electron chi connectivity index (χ0n) is 28.7. The summed E-state index contributed by atoms with van der Waals surface area (Å²) in [5, 5.41) is 46.4. The molecule has 1 aromatic rings. The van der Waals surface area contributed by atoms with Gasteiger partial charge < -0.3 is 59.3 Å². The number of anilines is 1. The lowest BCUT2D eigenvalue weighted by molar-refractivity contribution is -0.396. The van der Waals surface area contributed by atoms with Gasteiger partial charge in [0.1, 0.15) is 36.8 Å². The van der Waals surface area contributed by atoms with E-state index in [2.05, 4.69) is 0 Å². The van der Waals surface area contributed by atoms with Crippen molar-refractivity contribution in [2.24, 2.45) is 0 Å². The Morgan fingerprint density at radius 2 is 1.27 bits per heavy atom. The van der Waals surface area contributed by atoms with Crippen molar-refractivity contribution in [2.75, 3.05) is 12.3 Å². The van der Waals surface area contributed by atoms with Gasteiger partial charge in [0, 0.05) is 26.5 Å². The van der Waals surface area contributed by atoms with E-state index in [1.165, 1.54) is 24.3 Å². The molecule has 51 heavy (non-hydrogen) atoms. The average molecular weight is 728 g/mol. The maximum absolute atomic E-state index is 13.3. The van der Waals surface area contributed by atoms with Gasteiger partial charge in [-0.05, 0) is 52.0 Å². The highest BCUT2D eigenvalue weighted by Crippen LogP contribution is 2.49. The third kappa shape index (κ3) is 7.64. The molecular formula is C32H41NO18. The number of ketones is 4. The Balaban J connectivity index is 2.30. The minimum absolute atomic E-state index is 0.0937. The highest BCUT2D eigenvalue weighted by molar-refractivity contribution is 6.05. The number of nitrogens with two attached hydrogens (primary N) is 1. The number of hydrogen-bond acceptors (Lipinski definition) is 19. The van der Waals surface area contributed by atoms with Crippen LogP contribution in [0.5, 0.6) is 5.75 Å². The lowest BCUT2D eigenvalue weighted by Gasteiger charge is -2.58. The standard InChI is InChI=1S/C32H41NO18/c1-13(34)23(41)27-30(42,14(2)35)32(44,16(4)37)31(43,15(3)36)29(51-27)50-24-22(12-45-17(5)38)49-28(48-21-10-8-20(33)9-11-21)26(47-19(7)40)25(24)46-18(6)39/h8-11,22-29,41-44H,12,33H2,1-7H3/t22-,23?,24-,25+,26-,27-,28+,29-,30-,31+,32+/m1/s1. The zero-order chi connectivity index (χ0) is 38.8. The Labute approximate surface area is 290 Å². The van der Waals surface area contributed by atoms with Crippen molar-refractivity contribution in [2.45, 2.75) is 114 Å². The monoisotopic (exact) mass is 727 g/mol. The maximum Gasteiger partial charge on any atom is 0.303 e. The maximum atomic E-state index is 13.3. The predicted octanol–water partition coefficient (Wildman–Crippen LogP) is -2.18. The average Bonchev–Trinajstić information content (AvgIpc) is 3.02. The third-order valence-corrected chi connectivity index (χ3v) is 8.47. The van der Waals surface area contributed by atoms with Crippen molar-refractivity contribution >= 4 is 46.7 Å². The Bertz CT molecular complexity index is 1550. The summed E-state index contributed by atoms with van der Waals surface area (Å²) in [7, 11) is 0. The van der Waals surface area contributed by atoms with Crippen LogP contribution in [0.1, 0.15) is 48.5 Å². The second-order valence-electron chi connectivity index (χ2n) is 12.1. The molecule has 1 unspecified atom stereocenters. The molecule has 1 aromatic carbocycles. The smallest absolute Gasteiger partial charge is 0.303 e. The van der Waals surface area contributed by atoms with Crippen LogP contribution in [0.3, 0.4) is 0 Å². The fourth-order valence-corrected chi connectivity index (χ4v) is 5.99. The first-order chi connectivity index (χ1) is 23.5. The molecule has 19 nitrogen and oxygen atoms in total. The van der Waals surface area contributed by atoms with Crippen molar-refractivity contribution in [3.05, 3.63) is 24.3 Å². The van der Waals surface area contributed by atoms with Crippen LogP contribution in [0.25, 0.3) is 0 Å². The Morgan fingerprint density at radius 1 is 0.745 bits per heavy atom. The Morgan fingerprint density at radius 3 is 1.73 bits per heavy atom. The SMILES string of the molecule is CC(=O)OC[C@H]1O[C@H](Oc2ccc(N)cc2)[C@H](OC(C)=O)[C@@H](OC(C)=O)[C@@H]1O[C@@H]1O[C@H](C(O)C(C)=O)[C@](O)(C(C)=O)[C@@](O)(C(C)=O)[C@]1(O)C(C)=O. The molecule has 2 saturated heterocycles. The molecule has 2 fully saturated rings. The molecule has 0 radical (unpaired) electrons. The number of ether oxygens (including phenoxy) is 7. The van der Waals surface area contributed by atoms with Crippen molar-refractivity contribution < 1.29 is 87.1 Å². The van der Waals surface area contributed by atoms with Gasteiger partial charge in [0.25, 0.3) is 0 Å². The van der Waals surface area contributed by atoms with E-state index in [4.69, 9.17) is 38.9 Å². The van der Waals surface area contributed by atoms with Gasteiger partial charge in [-0.3, -0.25) is 33.6 Å². The zero-order valence-corrected chi connectivity index (χ0v) is 28.7. The van der Waals surface area contributed by atoms with E-state index in [-0.39, 0.29) is 5.75 Å². The van der Waals surface area contributed by atoms with Gasteiger partial charge in [-0.1, -0.05) is 0 Å². The molecule has 2 aliphatic heterocycles. The van der Waals surface area contributed by atoms with Crippen molar-refractivity contribution in [1.82, 2.24) is 0 Å². The van der Waals surface area contributed by atoms with Gasteiger partial charge in [0.05, 0.1) is 0 Å². The third-order valence-electron chi connectivity index (χ3n) is 8.47. The molecule has 0 amide bonds. The molecule has 11 atom stereocenters. The number of aliphatic hydroxyl groups is 4. The summed E-state index contributed by atoms with van der Waals surface area (Å²) in [5.74, 6) is -8.62. The number of Topliss-reactive ketones (excluding diaryl/α,β-unsaturated/α-hetero) is 4.